The lowest BCUT2D eigenvalue weighted by Gasteiger charge is -2.32. The minimum atomic E-state index is -0.109. The molecule has 1 aromatic heterocycles. The number of carbonyl (C=O) groups is 1. The summed E-state index contributed by atoms with van der Waals surface area (Å²) in [5.41, 5.74) is 5.01. The van der Waals surface area contributed by atoms with Crippen LogP contribution in [0.3, 0.4) is 0 Å². The molecule has 6 heteroatoms. The molecule has 0 saturated carbocycles. The molecule has 1 unspecified atom stereocenters. The van der Waals surface area contributed by atoms with Crippen molar-refractivity contribution in [1.29, 1.82) is 0 Å². The van der Waals surface area contributed by atoms with E-state index in [4.69, 9.17) is 4.74 Å². The van der Waals surface area contributed by atoms with Crippen molar-refractivity contribution in [3.8, 4) is 28.1 Å². The van der Waals surface area contributed by atoms with Crippen molar-refractivity contribution >= 4 is 6.03 Å². The number of piperidine rings is 1. The second-order valence-electron chi connectivity index (χ2n) is 8.75. The van der Waals surface area contributed by atoms with Gasteiger partial charge in [0.15, 0.2) is 0 Å². The van der Waals surface area contributed by atoms with Crippen LogP contribution >= 0.6 is 0 Å². The van der Waals surface area contributed by atoms with Gasteiger partial charge in [-0.3, -0.25) is 0 Å². The predicted molar refractivity (Wildman–Crippen MR) is 133 cm³/mol. The van der Waals surface area contributed by atoms with Gasteiger partial charge in [-0.25, -0.2) is 4.79 Å². The van der Waals surface area contributed by atoms with Gasteiger partial charge in [0.2, 0.25) is 0 Å². The fraction of sp³-hybridized carbons (Fsp3) is 0.250. The summed E-state index contributed by atoms with van der Waals surface area (Å²) in [5, 5.41) is 8.41. The molecule has 1 aliphatic heterocycles. The Morgan fingerprint density at radius 2 is 1.71 bits per heavy atom. The van der Waals surface area contributed by atoms with E-state index in [1.807, 2.05) is 59.5 Å². The van der Waals surface area contributed by atoms with Crippen LogP contribution in [0.4, 0.5) is 4.79 Å². The summed E-state index contributed by atoms with van der Waals surface area (Å²) in [6.07, 6.45) is 4.86. The Morgan fingerprint density at radius 1 is 0.971 bits per heavy atom. The van der Waals surface area contributed by atoms with Crippen molar-refractivity contribution in [3.05, 3.63) is 90.6 Å². The number of carbonyl (C=O) groups excluding carboxylic acids is 1. The largest absolute Gasteiger partial charge is 0.496 e. The van der Waals surface area contributed by atoms with Crippen LogP contribution in [0.5, 0.6) is 5.75 Å². The van der Waals surface area contributed by atoms with Crippen LogP contribution in [0.2, 0.25) is 0 Å². The molecule has 1 fully saturated rings. The highest BCUT2D eigenvalue weighted by Gasteiger charge is 2.25. The minimum absolute atomic E-state index is 0.109. The van der Waals surface area contributed by atoms with Gasteiger partial charge < -0.3 is 9.64 Å². The van der Waals surface area contributed by atoms with E-state index >= 15 is 0 Å². The topological polar surface area (TPSA) is 60.2 Å². The summed E-state index contributed by atoms with van der Waals surface area (Å²) >= 11 is 0. The second-order valence-corrected chi connectivity index (χ2v) is 8.75. The maximum Gasteiger partial charge on any atom is 0.346 e. The Balaban J connectivity index is 1.27. The van der Waals surface area contributed by atoms with Crippen molar-refractivity contribution in [2.24, 2.45) is 5.92 Å². The van der Waals surface area contributed by atoms with Crippen LogP contribution in [0.25, 0.3) is 22.4 Å². The normalized spacial score (nSPS) is 15.8. The summed E-state index contributed by atoms with van der Waals surface area (Å²) in [7, 11) is 1.68. The molecule has 1 atom stereocenters. The van der Waals surface area contributed by atoms with Gasteiger partial charge in [-0.2, -0.15) is 4.68 Å². The van der Waals surface area contributed by atoms with Gasteiger partial charge in [-0.05, 0) is 42.4 Å². The quantitative estimate of drug-likeness (QED) is 0.399. The first-order chi connectivity index (χ1) is 16.7. The monoisotopic (exact) mass is 452 g/mol. The van der Waals surface area contributed by atoms with Gasteiger partial charge in [-0.15, -0.1) is 5.10 Å². The second kappa shape index (κ2) is 9.91. The fourth-order valence-electron chi connectivity index (χ4n) is 4.69. The van der Waals surface area contributed by atoms with E-state index in [-0.39, 0.29) is 6.03 Å². The molecule has 2 heterocycles. The molecule has 172 valence electrons. The maximum absolute atomic E-state index is 13.1. The number of hydrogen-bond acceptors (Lipinski definition) is 4. The summed E-state index contributed by atoms with van der Waals surface area (Å²) in [4.78, 5) is 15.0. The number of benzene rings is 3. The highest BCUT2D eigenvalue weighted by molar-refractivity contribution is 5.77. The smallest absolute Gasteiger partial charge is 0.346 e. The molecule has 34 heavy (non-hydrogen) atoms. The van der Waals surface area contributed by atoms with E-state index in [2.05, 4.69) is 34.6 Å². The van der Waals surface area contributed by atoms with Gasteiger partial charge in [0.25, 0.3) is 0 Å². The van der Waals surface area contributed by atoms with Gasteiger partial charge in [0.05, 0.1) is 13.3 Å². The van der Waals surface area contributed by atoms with Gasteiger partial charge in [-0.1, -0.05) is 78.0 Å². The van der Waals surface area contributed by atoms with Crippen LogP contribution in [0, 0.1) is 5.92 Å². The van der Waals surface area contributed by atoms with Crippen molar-refractivity contribution in [2.45, 2.75) is 19.3 Å². The summed E-state index contributed by atoms with van der Waals surface area (Å²) in [6.45, 7) is 1.50. The zero-order valence-electron chi connectivity index (χ0n) is 19.3. The van der Waals surface area contributed by atoms with Crippen LogP contribution in [0.1, 0.15) is 18.4 Å². The molecule has 1 amide bonds. The van der Waals surface area contributed by atoms with Crippen LogP contribution in [-0.2, 0) is 6.42 Å². The number of para-hydroxylation sites is 1. The number of amides is 1. The third-order valence-electron chi connectivity index (χ3n) is 6.44. The van der Waals surface area contributed by atoms with Crippen LogP contribution < -0.4 is 4.74 Å². The van der Waals surface area contributed by atoms with E-state index in [0.29, 0.717) is 11.6 Å². The number of methoxy groups -OCH3 is 1. The van der Waals surface area contributed by atoms with Crippen molar-refractivity contribution in [2.75, 3.05) is 20.2 Å². The molecule has 4 aromatic rings. The zero-order valence-corrected chi connectivity index (χ0v) is 19.3. The average molecular weight is 453 g/mol. The molecule has 0 N–H and O–H groups in total. The molecule has 6 nitrogen and oxygen atoms in total. The van der Waals surface area contributed by atoms with Gasteiger partial charge in [0, 0.05) is 24.2 Å². The highest BCUT2D eigenvalue weighted by atomic mass is 16.5. The Hall–Kier alpha value is -3.93. The van der Waals surface area contributed by atoms with Crippen molar-refractivity contribution in [3.63, 3.8) is 0 Å². The number of nitrogens with zero attached hydrogens (tertiary/aromatic N) is 4. The molecular weight excluding hydrogens is 424 g/mol. The molecule has 3 aromatic carbocycles. The van der Waals surface area contributed by atoms with Crippen molar-refractivity contribution in [1.82, 2.24) is 19.9 Å². The number of rotatable bonds is 5. The van der Waals surface area contributed by atoms with Gasteiger partial charge in [0.1, 0.15) is 11.4 Å². The highest BCUT2D eigenvalue weighted by Crippen LogP contribution is 2.31. The summed E-state index contributed by atoms with van der Waals surface area (Å²) in [5.74, 6) is 1.30. The molecule has 1 aliphatic rings. The van der Waals surface area contributed by atoms with E-state index in [9.17, 15) is 4.79 Å². The van der Waals surface area contributed by atoms with E-state index in [1.54, 1.807) is 13.3 Å². The van der Waals surface area contributed by atoms with Gasteiger partial charge >= 0.3 is 6.03 Å². The molecular formula is C28H28N4O2. The lowest BCUT2D eigenvalue weighted by atomic mass is 9.91. The molecule has 0 radical (unpaired) electrons. The summed E-state index contributed by atoms with van der Waals surface area (Å²) < 4.78 is 6.84. The Kier molecular flexibility index (Phi) is 6.38. The van der Waals surface area contributed by atoms with E-state index in [0.717, 1.165) is 54.8 Å². The molecule has 0 aliphatic carbocycles. The van der Waals surface area contributed by atoms with Crippen LogP contribution in [-0.4, -0.2) is 46.1 Å². The zero-order chi connectivity index (χ0) is 23.3. The lowest BCUT2D eigenvalue weighted by Crippen LogP contribution is -2.42. The first-order valence-corrected chi connectivity index (χ1v) is 11.7. The summed E-state index contributed by atoms with van der Waals surface area (Å²) in [6, 6.07) is 26.4. The molecule has 5 rings (SSSR count). The first kappa shape index (κ1) is 21.9. The number of likely N-dealkylation sites (tertiary alicyclic amines) is 1. The fourth-order valence-corrected chi connectivity index (χ4v) is 4.69. The third kappa shape index (κ3) is 4.71. The molecule has 0 bridgehead atoms. The molecule has 1 saturated heterocycles. The predicted octanol–water partition coefficient (Wildman–Crippen LogP) is 5.54. The lowest BCUT2D eigenvalue weighted by molar-refractivity contribution is 0.163. The number of aromatic nitrogens is 3. The first-order valence-electron chi connectivity index (χ1n) is 11.7. The molecule has 0 spiro atoms. The maximum atomic E-state index is 13.1. The minimum Gasteiger partial charge on any atom is -0.496 e. The average Bonchev–Trinajstić information content (AvgIpc) is 3.39. The van der Waals surface area contributed by atoms with Crippen molar-refractivity contribution < 1.29 is 9.53 Å². The standard InChI is InChI=1S/C28H28N4O2/c1-34-27-12-6-5-11-25(27)23-13-15-24(16-14-23)26-20-32(30-29-26)28(33)31-17-7-10-22(19-31)18-21-8-3-2-4-9-21/h2-6,8-9,11-16,20,22H,7,10,17-19H2,1H3. The number of hydrogen-bond donors (Lipinski definition) is 0. The Bertz CT molecular complexity index is 1250. The Labute approximate surface area is 199 Å². The Morgan fingerprint density at radius 3 is 2.50 bits per heavy atom. The SMILES string of the molecule is COc1ccccc1-c1ccc(-c2cn(C(=O)N3CCCC(Cc4ccccc4)C3)nn2)cc1. The van der Waals surface area contributed by atoms with Crippen LogP contribution in [0.15, 0.2) is 85.1 Å². The third-order valence-corrected chi connectivity index (χ3v) is 6.44. The van der Waals surface area contributed by atoms with E-state index < -0.39 is 0 Å². The van der Waals surface area contributed by atoms with E-state index in [1.165, 1.54) is 10.2 Å². The number of ether oxygens (including phenoxy) is 1.